The molecule has 72 valence electrons. The molecule has 0 aliphatic rings. The molecule has 0 aliphatic carbocycles. The number of nitrogens with one attached hydrogen (secondary N) is 1. The molecular weight excluding hydrogens is 166 g/mol. The fourth-order valence-corrected chi connectivity index (χ4v) is 1.11. The number of aryl methyl sites for hydroxylation is 1. The van der Waals surface area contributed by atoms with Gasteiger partial charge >= 0.3 is 0 Å². The van der Waals surface area contributed by atoms with Gasteiger partial charge in [0.25, 0.3) is 0 Å². The van der Waals surface area contributed by atoms with Crippen molar-refractivity contribution in [3.63, 3.8) is 0 Å². The van der Waals surface area contributed by atoms with Crippen molar-refractivity contribution in [2.45, 2.75) is 33.4 Å². The molecule has 0 saturated carbocycles. The van der Waals surface area contributed by atoms with Crippen LogP contribution < -0.4 is 5.32 Å². The van der Waals surface area contributed by atoms with E-state index in [2.05, 4.69) is 10.4 Å². The molecule has 1 aromatic rings. The molecule has 1 N–H and O–H groups in total. The summed E-state index contributed by atoms with van der Waals surface area (Å²) in [6, 6.07) is 1.92. The summed E-state index contributed by atoms with van der Waals surface area (Å²) >= 11 is 0. The Morgan fingerprint density at radius 3 is 3.00 bits per heavy atom. The highest BCUT2D eigenvalue weighted by atomic mass is 16.1. The van der Waals surface area contributed by atoms with Gasteiger partial charge in [0, 0.05) is 19.2 Å². The van der Waals surface area contributed by atoms with E-state index in [0.717, 1.165) is 12.2 Å². The zero-order chi connectivity index (χ0) is 9.68. The van der Waals surface area contributed by atoms with Crippen molar-refractivity contribution in [3.8, 4) is 0 Å². The molecule has 1 heterocycles. The SMILES string of the molecule is CCC(=O)NCc1ccnn1CC. The molecule has 1 aromatic heterocycles. The quantitative estimate of drug-likeness (QED) is 0.751. The molecule has 0 aromatic carbocycles. The fraction of sp³-hybridized carbons (Fsp3) is 0.556. The molecule has 1 amide bonds. The van der Waals surface area contributed by atoms with Gasteiger partial charge in [0.15, 0.2) is 0 Å². The van der Waals surface area contributed by atoms with Crippen molar-refractivity contribution in [2.24, 2.45) is 0 Å². The summed E-state index contributed by atoms with van der Waals surface area (Å²) in [5.74, 6) is 0.0730. The number of carbonyl (C=O) groups is 1. The Kier molecular flexibility index (Phi) is 3.49. The molecule has 1 rings (SSSR count). The minimum atomic E-state index is 0.0730. The van der Waals surface area contributed by atoms with E-state index in [1.165, 1.54) is 0 Å². The van der Waals surface area contributed by atoms with E-state index in [0.29, 0.717) is 13.0 Å². The van der Waals surface area contributed by atoms with Gasteiger partial charge in [0.1, 0.15) is 0 Å². The smallest absolute Gasteiger partial charge is 0.220 e. The summed E-state index contributed by atoms with van der Waals surface area (Å²) in [5.41, 5.74) is 1.05. The average Bonchev–Trinajstić information content (AvgIpc) is 2.61. The van der Waals surface area contributed by atoms with Crippen LogP contribution in [0, 0.1) is 0 Å². The van der Waals surface area contributed by atoms with Gasteiger partial charge in [-0.05, 0) is 13.0 Å². The van der Waals surface area contributed by atoms with Crippen LogP contribution >= 0.6 is 0 Å². The summed E-state index contributed by atoms with van der Waals surface area (Å²) in [6.45, 7) is 5.27. The number of hydrogen-bond acceptors (Lipinski definition) is 2. The Labute approximate surface area is 77.9 Å². The summed E-state index contributed by atoms with van der Waals surface area (Å²) < 4.78 is 1.87. The van der Waals surface area contributed by atoms with E-state index >= 15 is 0 Å². The predicted molar refractivity (Wildman–Crippen MR) is 50.0 cm³/mol. The second-order valence-electron chi connectivity index (χ2n) is 2.77. The lowest BCUT2D eigenvalue weighted by molar-refractivity contribution is -0.120. The molecule has 4 heteroatoms. The molecule has 0 spiro atoms. The second-order valence-corrected chi connectivity index (χ2v) is 2.77. The predicted octanol–water partition coefficient (Wildman–Crippen LogP) is 0.929. The summed E-state index contributed by atoms with van der Waals surface area (Å²) in [4.78, 5) is 11.0. The van der Waals surface area contributed by atoms with Crippen molar-refractivity contribution in [3.05, 3.63) is 18.0 Å². The van der Waals surface area contributed by atoms with Crippen LogP contribution in [-0.4, -0.2) is 15.7 Å². The lowest BCUT2D eigenvalue weighted by atomic mass is 10.4. The Balaban J connectivity index is 2.49. The zero-order valence-electron chi connectivity index (χ0n) is 8.08. The number of hydrogen-bond donors (Lipinski definition) is 1. The fourth-order valence-electron chi connectivity index (χ4n) is 1.11. The van der Waals surface area contributed by atoms with E-state index in [1.807, 2.05) is 24.6 Å². The summed E-state index contributed by atoms with van der Waals surface area (Å²) in [7, 11) is 0. The van der Waals surface area contributed by atoms with Gasteiger partial charge in [-0.2, -0.15) is 5.10 Å². The van der Waals surface area contributed by atoms with E-state index in [4.69, 9.17) is 0 Å². The number of aromatic nitrogens is 2. The number of nitrogens with zero attached hydrogens (tertiary/aromatic N) is 2. The van der Waals surface area contributed by atoms with Gasteiger partial charge in [-0.25, -0.2) is 0 Å². The highest BCUT2D eigenvalue weighted by molar-refractivity contribution is 5.75. The molecule has 0 fully saturated rings. The van der Waals surface area contributed by atoms with Gasteiger partial charge in [-0.15, -0.1) is 0 Å². The van der Waals surface area contributed by atoms with Crippen molar-refractivity contribution in [2.75, 3.05) is 0 Å². The van der Waals surface area contributed by atoms with E-state index in [-0.39, 0.29) is 5.91 Å². The topological polar surface area (TPSA) is 46.9 Å². The third-order valence-electron chi connectivity index (χ3n) is 1.89. The number of rotatable bonds is 4. The summed E-state index contributed by atoms with van der Waals surface area (Å²) in [5, 5.41) is 6.91. The maximum atomic E-state index is 11.0. The van der Waals surface area contributed by atoms with Crippen LogP contribution in [0.5, 0.6) is 0 Å². The molecular formula is C9H15N3O. The van der Waals surface area contributed by atoms with Crippen LogP contribution in [0.3, 0.4) is 0 Å². The van der Waals surface area contributed by atoms with Crippen molar-refractivity contribution < 1.29 is 4.79 Å². The van der Waals surface area contributed by atoms with Crippen LogP contribution in [-0.2, 0) is 17.9 Å². The molecule has 0 unspecified atom stereocenters. The Morgan fingerprint density at radius 2 is 2.38 bits per heavy atom. The molecule has 0 atom stereocenters. The molecule has 0 bridgehead atoms. The van der Waals surface area contributed by atoms with Crippen molar-refractivity contribution in [1.29, 1.82) is 0 Å². The van der Waals surface area contributed by atoms with Crippen molar-refractivity contribution >= 4 is 5.91 Å². The second kappa shape index (κ2) is 4.64. The zero-order valence-corrected chi connectivity index (χ0v) is 8.08. The first kappa shape index (κ1) is 9.77. The Hall–Kier alpha value is -1.32. The molecule has 0 aliphatic heterocycles. The minimum Gasteiger partial charge on any atom is -0.350 e. The molecule has 0 radical (unpaired) electrons. The first-order valence-electron chi connectivity index (χ1n) is 4.55. The Bertz CT molecular complexity index is 280. The number of carbonyl (C=O) groups excluding carboxylic acids is 1. The summed E-state index contributed by atoms with van der Waals surface area (Å²) in [6.07, 6.45) is 2.27. The lowest BCUT2D eigenvalue weighted by Gasteiger charge is -2.05. The average molecular weight is 181 g/mol. The van der Waals surface area contributed by atoms with Gasteiger partial charge in [-0.1, -0.05) is 6.92 Å². The normalized spacial score (nSPS) is 10.0. The highest BCUT2D eigenvalue weighted by Gasteiger charge is 2.01. The van der Waals surface area contributed by atoms with Crippen LogP contribution in [0.4, 0.5) is 0 Å². The lowest BCUT2D eigenvalue weighted by Crippen LogP contribution is -2.23. The largest absolute Gasteiger partial charge is 0.350 e. The molecule has 0 saturated heterocycles. The van der Waals surface area contributed by atoms with Gasteiger partial charge in [0.2, 0.25) is 5.91 Å². The minimum absolute atomic E-state index is 0.0730. The molecule has 4 nitrogen and oxygen atoms in total. The Morgan fingerprint density at radius 1 is 1.62 bits per heavy atom. The third-order valence-corrected chi connectivity index (χ3v) is 1.89. The standard InChI is InChI=1S/C9H15N3O/c1-3-9(13)10-7-8-5-6-11-12(8)4-2/h5-6H,3-4,7H2,1-2H3,(H,10,13). The van der Waals surface area contributed by atoms with Gasteiger partial charge in [0.05, 0.1) is 12.2 Å². The van der Waals surface area contributed by atoms with Gasteiger partial charge in [-0.3, -0.25) is 9.48 Å². The monoisotopic (exact) mass is 181 g/mol. The first-order valence-corrected chi connectivity index (χ1v) is 4.55. The van der Waals surface area contributed by atoms with Crippen LogP contribution in [0.1, 0.15) is 26.0 Å². The van der Waals surface area contributed by atoms with Crippen LogP contribution in [0.2, 0.25) is 0 Å². The highest BCUT2D eigenvalue weighted by Crippen LogP contribution is 1.97. The molecule has 13 heavy (non-hydrogen) atoms. The van der Waals surface area contributed by atoms with E-state index < -0.39 is 0 Å². The third kappa shape index (κ3) is 2.57. The van der Waals surface area contributed by atoms with Gasteiger partial charge < -0.3 is 5.32 Å². The first-order chi connectivity index (χ1) is 6.27. The van der Waals surface area contributed by atoms with E-state index in [9.17, 15) is 4.79 Å². The van der Waals surface area contributed by atoms with Crippen LogP contribution in [0.25, 0.3) is 0 Å². The van der Waals surface area contributed by atoms with Crippen LogP contribution in [0.15, 0.2) is 12.3 Å². The maximum absolute atomic E-state index is 11.0. The van der Waals surface area contributed by atoms with E-state index in [1.54, 1.807) is 6.20 Å². The maximum Gasteiger partial charge on any atom is 0.220 e. The van der Waals surface area contributed by atoms with Crippen molar-refractivity contribution in [1.82, 2.24) is 15.1 Å². The number of amides is 1.